The van der Waals surface area contributed by atoms with Crippen molar-refractivity contribution >= 4 is 35.6 Å². The van der Waals surface area contributed by atoms with Crippen LogP contribution in [0.25, 0.3) is 6.08 Å². The van der Waals surface area contributed by atoms with Crippen molar-refractivity contribution in [2.24, 2.45) is 11.8 Å². The molecule has 7 nitrogen and oxygen atoms in total. The van der Waals surface area contributed by atoms with Crippen LogP contribution in [0.1, 0.15) is 74.4 Å². The Kier molecular flexibility index (Phi) is 12.3. The van der Waals surface area contributed by atoms with Crippen LogP contribution in [0.15, 0.2) is 72.8 Å². The van der Waals surface area contributed by atoms with Gasteiger partial charge in [-0.05, 0) is 93.0 Å². The van der Waals surface area contributed by atoms with E-state index in [-0.39, 0.29) is 11.8 Å². The van der Waals surface area contributed by atoms with E-state index in [9.17, 15) is 14.4 Å². The number of aldehydes is 1. The summed E-state index contributed by atoms with van der Waals surface area (Å²) in [5, 5.41) is 6.08. The first-order chi connectivity index (χ1) is 21.7. The van der Waals surface area contributed by atoms with Gasteiger partial charge in [-0.1, -0.05) is 75.3 Å². The summed E-state index contributed by atoms with van der Waals surface area (Å²) in [5.41, 5.74) is 3.34. The highest BCUT2D eigenvalue weighted by molar-refractivity contribution is 6.04. The van der Waals surface area contributed by atoms with Crippen molar-refractivity contribution < 1.29 is 14.4 Å². The molecule has 4 rings (SSSR count). The van der Waals surface area contributed by atoms with E-state index in [1.165, 1.54) is 11.6 Å². The Morgan fingerprint density at radius 2 is 1.71 bits per heavy atom. The second-order valence-electron chi connectivity index (χ2n) is 12.8. The lowest BCUT2D eigenvalue weighted by Gasteiger charge is -2.32. The molecule has 7 heteroatoms. The van der Waals surface area contributed by atoms with Crippen LogP contribution in [0, 0.1) is 11.8 Å². The van der Waals surface area contributed by atoms with Crippen LogP contribution in [-0.2, 0) is 16.0 Å². The van der Waals surface area contributed by atoms with Gasteiger partial charge in [0.15, 0.2) is 0 Å². The molecule has 1 heterocycles. The van der Waals surface area contributed by atoms with Crippen molar-refractivity contribution in [2.45, 2.75) is 64.8 Å². The first-order valence-electron chi connectivity index (χ1n) is 16.5. The molecule has 3 atom stereocenters. The molecule has 1 fully saturated rings. The molecule has 0 aromatic heterocycles. The van der Waals surface area contributed by atoms with E-state index in [1.807, 2.05) is 31.2 Å². The van der Waals surface area contributed by atoms with Gasteiger partial charge in [-0.25, -0.2) is 0 Å². The van der Waals surface area contributed by atoms with Crippen molar-refractivity contribution in [3.63, 3.8) is 0 Å². The van der Waals surface area contributed by atoms with Gasteiger partial charge in [0, 0.05) is 43.1 Å². The molecule has 0 spiro atoms. The summed E-state index contributed by atoms with van der Waals surface area (Å²) in [4.78, 5) is 43.0. The standard InChI is InChI=1S/C38H50N4O3/c1-5-7-14-32-17-18-33(26-35(32)42-23-22-41(4)27-30-11-8-9-12-31(25-30)28-42)36(44)40-38(3,21-6-2)37(45)39-34-19-15-29(16-20-34)13-10-24-43/h8-13,15-20,24,26,30-31H,5-7,14,21-23,25,27-28H2,1-4H3,(H,39,45)(H,40,44)/b13-10+. The molecule has 0 saturated carbocycles. The van der Waals surface area contributed by atoms with E-state index < -0.39 is 5.54 Å². The first kappa shape index (κ1) is 33.9. The van der Waals surface area contributed by atoms with E-state index in [1.54, 1.807) is 25.1 Å². The Labute approximate surface area is 269 Å². The van der Waals surface area contributed by atoms with E-state index in [0.717, 1.165) is 75.8 Å². The molecule has 1 saturated heterocycles. The van der Waals surface area contributed by atoms with Gasteiger partial charge >= 0.3 is 0 Å². The summed E-state index contributed by atoms with van der Waals surface area (Å²) in [6.07, 6.45) is 18.4. The maximum absolute atomic E-state index is 13.9. The van der Waals surface area contributed by atoms with Crippen LogP contribution < -0.4 is 15.5 Å². The van der Waals surface area contributed by atoms with Crippen LogP contribution in [0.3, 0.4) is 0 Å². The largest absolute Gasteiger partial charge is 0.369 e. The molecule has 1 aliphatic heterocycles. The molecule has 240 valence electrons. The summed E-state index contributed by atoms with van der Waals surface area (Å²) >= 11 is 0. The van der Waals surface area contributed by atoms with E-state index >= 15 is 0 Å². The van der Waals surface area contributed by atoms with E-state index in [4.69, 9.17) is 0 Å². The van der Waals surface area contributed by atoms with Crippen LogP contribution in [0.4, 0.5) is 11.4 Å². The number of likely N-dealkylation sites (N-methyl/N-ethyl adjacent to an activating group) is 1. The maximum atomic E-state index is 13.9. The molecule has 45 heavy (non-hydrogen) atoms. The maximum Gasteiger partial charge on any atom is 0.252 e. The zero-order valence-electron chi connectivity index (χ0n) is 27.4. The number of aryl methyl sites for hydroxylation is 1. The summed E-state index contributed by atoms with van der Waals surface area (Å²) in [6.45, 7) is 9.81. The first-order valence-corrected chi connectivity index (χ1v) is 16.5. The van der Waals surface area contributed by atoms with Crippen molar-refractivity contribution in [1.82, 2.24) is 10.2 Å². The topological polar surface area (TPSA) is 81.8 Å². The van der Waals surface area contributed by atoms with Crippen molar-refractivity contribution in [3.05, 3.63) is 89.5 Å². The summed E-state index contributed by atoms with van der Waals surface area (Å²) in [7, 11) is 2.20. The Balaban J connectivity index is 1.57. The SMILES string of the molecule is CCCCc1ccc(C(=O)NC(C)(CCC)C(=O)Nc2ccc(/C=C/C=O)cc2)cc1N1CCN(C)CC2C=CC=CC(C2)C1. The molecule has 2 amide bonds. The monoisotopic (exact) mass is 610 g/mol. The molecule has 0 radical (unpaired) electrons. The number of rotatable bonds is 12. The molecular formula is C38H50N4O3. The van der Waals surface area contributed by atoms with Crippen LogP contribution in [-0.4, -0.2) is 61.8 Å². The molecule has 2 bridgehead atoms. The molecule has 1 aliphatic carbocycles. The molecule has 2 aromatic rings. The molecule has 2 aliphatic rings. The lowest BCUT2D eigenvalue weighted by molar-refractivity contribution is -0.121. The number of amides is 2. The predicted molar refractivity (Wildman–Crippen MR) is 186 cm³/mol. The Bertz CT molecular complexity index is 1400. The second kappa shape index (κ2) is 16.4. The molecular weight excluding hydrogens is 560 g/mol. The molecule has 3 unspecified atom stereocenters. The van der Waals surface area contributed by atoms with Gasteiger partial charge in [-0.2, -0.15) is 0 Å². The Morgan fingerprint density at radius 3 is 2.40 bits per heavy atom. The fourth-order valence-corrected chi connectivity index (χ4v) is 6.37. The van der Waals surface area contributed by atoms with Crippen LogP contribution >= 0.6 is 0 Å². The minimum Gasteiger partial charge on any atom is -0.369 e. The average molecular weight is 611 g/mol. The fourth-order valence-electron chi connectivity index (χ4n) is 6.37. The second-order valence-corrected chi connectivity index (χ2v) is 12.8. The van der Waals surface area contributed by atoms with E-state index in [0.29, 0.717) is 29.5 Å². The predicted octanol–water partition coefficient (Wildman–Crippen LogP) is 6.67. The number of benzene rings is 2. The van der Waals surface area contributed by atoms with Gasteiger partial charge in [-0.15, -0.1) is 0 Å². The normalized spacial score (nSPS) is 20.0. The van der Waals surface area contributed by atoms with Crippen LogP contribution in [0.2, 0.25) is 0 Å². The highest BCUT2D eigenvalue weighted by Crippen LogP contribution is 2.30. The Hall–Kier alpha value is -3.97. The van der Waals surface area contributed by atoms with Gasteiger partial charge in [0.25, 0.3) is 5.91 Å². The Morgan fingerprint density at radius 1 is 0.978 bits per heavy atom. The quantitative estimate of drug-likeness (QED) is 0.207. The lowest BCUT2D eigenvalue weighted by Crippen LogP contribution is -2.54. The number of allylic oxidation sites excluding steroid dienone is 3. The third-order valence-corrected chi connectivity index (χ3v) is 8.90. The number of hydrogen-bond donors (Lipinski definition) is 2. The molecule has 2 aromatic carbocycles. The van der Waals surface area contributed by atoms with Crippen molar-refractivity contribution in [3.8, 4) is 0 Å². The number of fused-ring (bicyclic) bond motifs is 2. The lowest BCUT2D eigenvalue weighted by atomic mass is 9.93. The van der Waals surface area contributed by atoms with Gasteiger partial charge in [-0.3, -0.25) is 14.4 Å². The zero-order valence-corrected chi connectivity index (χ0v) is 27.4. The van der Waals surface area contributed by atoms with Gasteiger partial charge < -0.3 is 20.4 Å². The number of carbonyl (C=O) groups excluding carboxylic acids is 3. The summed E-state index contributed by atoms with van der Waals surface area (Å²) in [6, 6.07) is 13.3. The number of carbonyl (C=O) groups is 3. The third-order valence-electron chi connectivity index (χ3n) is 8.90. The minimum atomic E-state index is -1.10. The third kappa shape index (κ3) is 9.51. The van der Waals surface area contributed by atoms with Crippen molar-refractivity contribution in [2.75, 3.05) is 43.4 Å². The van der Waals surface area contributed by atoms with Gasteiger partial charge in [0.2, 0.25) is 5.91 Å². The number of unbranched alkanes of at least 4 members (excludes halogenated alkanes) is 1. The summed E-state index contributed by atoms with van der Waals surface area (Å²) in [5.74, 6) is 0.449. The molecule has 2 N–H and O–H groups in total. The number of hydrogen-bond acceptors (Lipinski definition) is 5. The fraction of sp³-hybridized carbons (Fsp3) is 0.447. The number of nitrogens with zero attached hydrogens (tertiary/aromatic N) is 2. The highest BCUT2D eigenvalue weighted by Gasteiger charge is 2.35. The summed E-state index contributed by atoms with van der Waals surface area (Å²) < 4.78 is 0. The minimum absolute atomic E-state index is 0.251. The highest BCUT2D eigenvalue weighted by atomic mass is 16.2. The van der Waals surface area contributed by atoms with Crippen molar-refractivity contribution in [1.29, 1.82) is 0 Å². The van der Waals surface area contributed by atoms with E-state index in [2.05, 4.69) is 64.8 Å². The van der Waals surface area contributed by atoms with Gasteiger partial charge in [0.05, 0.1) is 0 Å². The number of anilines is 2. The van der Waals surface area contributed by atoms with Gasteiger partial charge in [0.1, 0.15) is 11.8 Å². The zero-order chi connectivity index (χ0) is 32.2. The number of nitrogens with one attached hydrogen (secondary N) is 2. The smallest absolute Gasteiger partial charge is 0.252 e. The van der Waals surface area contributed by atoms with Crippen LogP contribution in [0.5, 0.6) is 0 Å². The average Bonchev–Trinajstić information content (AvgIpc) is 3.21.